The molecule has 4 N–H and O–H groups in total. The van der Waals surface area contributed by atoms with Crippen molar-refractivity contribution in [3.05, 3.63) is 0 Å². The Hall–Kier alpha value is -1.38. The number of carbonyl (C=O) groups excluding carboxylic acids is 1. The molecule has 21 heavy (non-hydrogen) atoms. The van der Waals surface area contributed by atoms with Crippen molar-refractivity contribution in [2.24, 2.45) is 5.92 Å². The molecule has 0 radical (unpaired) electrons. The summed E-state index contributed by atoms with van der Waals surface area (Å²) in [5, 5.41) is 17.7. The number of carbonyl (C=O) groups is 2. The summed E-state index contributed by atoms with van der Waals surface area (Å²) in [6.45, 7) is 6.10. The van der Waals surface area contributed by atoms with Crippen molar-refractivity contribution in [2.75, 3.05) is 52.5 Å². The maximum Gasteiger partial charge on any atom is 0.315 e. The first-order valence-corrected chi connectivity index (χ1v) is 7.45. The average molecular weight is 300 g/mol. The van der Waals surface area contributed by atoms with Crippen molar-refractivity contribution in [1.82, 2.24) is 20.9 Å². The van der Waals surface area contributed by atoms with Crippen LogP contribution in [-0.4, -0.2) is 80.5 Å². The zero-order valence-corrected chi connectivity index (χ0v) is 12.1. The number of carboxylic acids is 1. The van der Waals surface area contributed by atoms with Gasteiger partial charge >= 0.3 is 12.0 Å². The number of nitrogens with zero attached hydrogens (tertiary/aromatic N) is 1. The fraction of sp³-hybridized carbons (Fsp3) is 0.846. The molecular formula is C13H24N4O4. The first-order valence-electron chi connectivity index (χ1n) is 7.45. The molecule has 0 bridgehead atoms. The van der Waals surface area contributed by atoms with Gasteiger partial charge < -0.3 is 30.7 Å². The summed E-state index contributed by atoms with van der Waals surface area (Å²) in [4.78, 5) is 25.1. The molecule has 0 saturated carbocycles. The molecule has 8 heteroatoms. The molecule has 0 spiro atoms. The number of nitrogens with one attached hydrogen (secondary N) is 3. The number of urea groups is 1. The third-order valence-electron chi connectivity index (χ3n) is 3.86. The molecule has 2 unspecified atom stereocenters. The van der Waals surface area contributed by atoms with Gasteiger partial charge in [-0.3, -0.25) is 4.79 Å². The number of rotatable bonds is 6. The fourth-order valence-electron chi connectivity index (χ4n) is 2.60. The zero-order chi connectivity index (χ0) is 15.1. The normalized spacial score (nSPS) is 26.5. The number of ether oxygens (including phenoxy) is 1. The van der Waals surface area contributed by atoms with Crippen molar-refractivity contribution >= 4 is 12.0 Å². The first kappa shape index (κ1) is 16.0. The van der Waals surface area contributed by atoms with Crippen LogP contribution in [0.15, 0.2) is 0 Å². The van der Waals surface area contributed by atoms with Crippen LogP contribution in [0, 0.1) is 5.92 Å². The second-order valence-corrected chi connectivity index (χ2v) is 5.43. The van der Waals surface area contributed by atoms with Gasteiger partial charge in [-0.05, 0) is 13.0 Å². The van der Waals surface area contributed by atoms with Gasteiger partial charge in [0, 0.05) is 32.7 Å². The Bertz CT molecular complexity index is 360. The van der Waals surface area contributed by atoms with E-state index >= 15 is 0 Å². The number of amides is 2. The Morgan fingerprint density at radius 2 is 2.05 bits per heavy atom. The molecular weight excluding hydrogens is 276 g/mol. The minimum absolute atomic E-state index is 0.156. The first-order chi connectivity index (χ1) is 10.2. The van der Waals surface area contributed by atoms with Gasteiger partial charge in [0.05, 0.1) is 19.3 Å². The highest BCUT2D eigenvalue weighted by atomic mass is 16.5. The molecule has 2 fully saturated rings. The Balaban J connectivity index is 1.58. The predicted molar refractivity (Wildman–Crippen MR) is 76.2 cm³/mol. The number of aliphatic carboxylic acids is 1. The average Bonchev–Trinajstić information content (AvgIpc) is 2.93. The molecule has 2 amide bonds. The summed E-state index contributed by atoms with van der Waals surface area (Å²) in [7, 11) is 0. The summed E-state index contributed by atoms with van der Waals surface area (Å²) >= 11 is 0. The van der Waals surface area contributed by atoms with Gasteiger partial charge in [-0.1, -0.05) is 0 Å². The largest absolute Gasteiger partial charge is 0.481 e. The molecule has 0 aliphatic carbocycles. The quantitative estimate of drug-likeness (QED) is 0.454. The zero-order valence-electron chi connectivity index (χ0n) is 12.1. The van der Waals surface area contributed by atoms with E-state index in [-0.39, 0.29) is 19.2 Å². The summed E-state index contributed by atoms with van der Waals surface area (Å²) in [6, 6.07) is -0.771. The summed E-state index contributed by atoms with van der Waals surface area (Å²) < 4.78 is 5.10. The second-order valence-electron chi connectivity index (χ2n) is 5.43. The lowest BCUT2D eigenvalue weighted by Gasteiger charge is -2.27. The Kier molecular flexibility index (Phi) is 6.21. The lowest BCUT2D eigenvalue weighted by Crippen LogP contribution is -2.48. The molecule has 120 valence electrons. The van der Waals surface area contributed by atoms with Crippen LogP contribution in [0.3, 0.4) is 0 Å². The molecule has 0 aromatic heterocycles. The fourth-order valence-corrected chi connectivity index (χ4v) is 2.60. The molecule has 2 rings (SSSR count). The van der Waals surface area contributed by atoms with E-state index in [1.807, 2.05) is 0 Å². The summed E-state index contributed by atoms with van der Waals surface area (Å²) in [5.41, 5.74) is 0. The molecule has 0 aromatic rings. The Labute approximate surface area is 124 Å². The lowest BCUT2D eigenvalue weighted by molar-refractivity contribution is -0.142. The van der Waals surface area contributed by atoms with Gasteiger partial charge in [0.15, 0.2) is 0 Å². The van der Waals surface area contributed by atoms with Crippen LogP contribution in [0.2, 0.25) is 0 Å². The highest BCUT2D eigenvalue weighted by molar-refractivity contribution is 5.77. The van der Waals surface area contributed by atoms with Crippen LogP contribution in [0.25, 0.3) is 0 Å². The van der Waals surface area contributed by atoms with Crippen LogP contribution in [0.5, 0.6) is 0 Å². The SMILES string of the molecule is O=C(NCCCN1CCNCC1)NC1COCC1C(=O)O. The summed E-state index contributed by atoms with van der Waals surface area (Å²) in [6.07, 6.45) is 0.886. The van der Waals surface area contributed by atoms with Gasteiger partial charge in [-0.25, -0.2) is 4.79 Å². The topological polar surface area (TPSA) is 103 Å². The van der Waals surface area contributed by atoms with E-state index in [0.29, 0.717) is 6.54 Å². The van der Waals surface area contributed by atoms with Crippen molar-refractivity contribution in [1.29, 1.82) is 0 Å². The molecule has 2 aliphatic heterocycles. The van der Waals surface area contributed by atoms with E-state index < -0.39 is 17.9 Å². The number of carboxylic acid groups (broad SMARTS) is 1. The number of hydrogen-bond donors (Lipinski definition) is 4. The van der Waals surface area contributed by atoms with Gasteiger partial charge in [-0.2, -0.15) is 0 Å². The molecule has 2 saturated heterocycles. The Morgan fingerprint density at radius 3 is 2.76 bits per heavy atom. The standard InChI is InChI=1S/C13H24N4O4/c18-12(19)10-8-21-9-11(10)16-13(20)15-2-1-5-17-6-3-14-4-7-17/h10-11,14H,1-9H2,(H,18,19)(H2,15,16,20). The highest BCUT2D eigenvalue weighted by Crippen LogP contribution is 2.13. The molecule has 2 atom stereocenters. The van der Waals surface area contributed by atoms with Crippen LogP contribution >= 0.6 is 0 Å². The highest BCUT2D eigenvalue weighted by Gasteiger charge is 2.34. The van der Waals surface area contributed by atoms with Gasteiger partial charge in [0.2, 0.25) is 0 Å². The van der Waals surface area contributed by atoms with Crippen LogP contribution in [-0.2, 0) is 9.53 Å². The second kappa shape index (κ2) is 8.16. The van der Waals surface area contributed by atoms with Crippen LogP contribution in [0.1, 0.15) is 6.42 Å². The van der Waals surface area contributed by atoms with E-state index in [0.717, 1.165) is 39.1 Å². The smallest absolute Gasteiger partial charge is 0.315 e. The molecule has 0 aromatic carbocycles. The third-order valence-corrected chi connectivity index (χ3v) is 3.86. The van der Waals surface area contributed by atoms with Crippen molar-refractivity contribution < 1.29 is 19.4 Å². The van der Waals surface area contributed by atoms with Crippen molar-refractivity contribution in [3.63, 3.8) is 0 Å². The molecule has 2 heterocycles. The Morgan fingerprint density at radius 1 is 1.29 bits per heavy atom. The maximum atomic E-state index is 11.7. The minimum atomic E-state index is -0.934. The summed E-state index contributed by atoms with van der Waals surface area (Å²) in [5.74, 6) is -1.59. The van der Waals surface area contributed by atoms with Crippen molar-refractivity contribution in [2.45, 2.75) is 12.5 Å². The number of hydrogen-bond acceptors (Lipinski definition) is 5. The monoisotopic (exact) mass is 300 g/mol. The van der Waals surface area contributed by atoms with Gasteiger partial charge in [0.1, 0.15) is 5.92 Å². The lowest BCUT2D eigenvalue weighted by atomic mass is 10.0. The minimum Gasteiger partial charge on any atom is -0.481 e. The van der Waals surface area contributed by atoms with E-state index in [1.54, 1.807) is 0 Å². The molecule has 2 aliphatic rings. The van der Waals surface area contributed by atoms with Crippen LogP contribution in [0.4, 0.5) is 4.79 Å². The van der Waals surface area contributed by atoms with Crippen molar-refractivity contribution in [3.8, 4) is 0 Å². The van der Waals surface area contributed by atoms with E-state index in [1.165, 1.54) is 0 Å². The molecule has 8 nitrogen and oxygen atoms in total. The third kappa shape index (κ3) is 5.14. The predicted octanol–water partition coefficient (Wildman–Crippen LogP) is -1.32. The van der Waals surface area contributed by atoms with Crippen LogP contribution < -0.4 is 16.0 Å². The number of piperazine rings is 1. The van der Waals surface area contributed by atoms with Gasteiger partial charge in [0.25, 0.3) is 0 Å². The van der Waals surface area contributed by atoms with E-state index in [9.17, 15) is 9.59 Å². The van der Waals surface area contributed by atoms with Gasteiger partial charge in [-0.15, -0.1) is 0 Å². The maximum absolute atomic E-state index is 11.7. The van der Waals surface area contributed by atoms with E-state index in [2.05, 4.69) is 20.9 Å². The van der Waals surface area contributed by atoms with E-state index in [4.69, 9.17) is 9.84 Å².